The van der Waals surface area contributed by atoms with Gasteiger partial charge in [-0.2, -0.15) is 5.10 Å². The number of aromatic nitrogens is 1. The second-order valence-corrected chi connectivity index (χ2v) is 6.05. The Hall–Kier alpha value is -3.47. The molecule has 1 N–H and O–H groups in total. The molecule has 26 heavy (non-hydrogen) atoms. The van der Waals surface area contributed by atoms with Crippen LogP contribution in [0, 0.1) is 0 Å². The molecule has 4 rings (SSSR count). The molecule has 1 aliphatic rings. The fraction of sp³-hybridized carbons (Fsp3) is 0.0952. The molecule has 5 nitrogen and oxygen atoms in total. The minimum Gasteiger partial charge on any atom is -0.319 e. The highest BCUT2D eigenvalue weighted by molar-refractivity contribution is 6.43. The molecule has 0 bridgehead atoms. The summed E-state index contributed by atoms with van der Waals surface area (Å²) in [5, 5.41) is 9.42. The molecule has 0 fully saturated rings. The zero-order valence-electron chi connectivity index (χ0n) is 14.1. The van der Waals surface area contributed by atoms with Crippen molar-refractivity contribution in [2.75, 3.05) is 10.3 Å². The predicted octanol–water partition coefficient (Wildman–Crippen LogP) is 4.03. The summed E-state index contributed by atoms with van der Waals surface area (Å²) >= 11 is 0. The van der Waals surface area contributed by atoms with E-state index >= 15 is 0 Å². The maximum atomic E-state index is 12.7. The average Bonchev–Trinajstić information content (AvgIpc) is 3.16. The number of rotatable bonds is 4. The largest absolute Gasteiger partial charge is 0.319 e. The maximum absolute atomic E-state index is 12.7. The summed E-state index contributed by atoms with van der Waals surface area (Å²) < 4.78 is 0. The summed E-state index contributed by atoms with van der Waals surface area (Å²) in [6, 6.07) is 23.6. The molecular formula is C21H18N4O. The first-order valence-corrected chi connectivity index (χ1v) is 8.49. The summed E-state index contributed by atoms with van der Waals surface area (Å²) in [6.45, 7) is 0. The number of hydrazone groups is 1. The van der Waals surface area contributed by atoms with Crippen LogP contribution in [0.25, 0.3) is 0 Å². The number of hydrogen-bond acceptors (Lipinski definition) is 4. The van der Waals surface area contributed by atoms with Gasteiger partial charge >= 0.3 is 0 Å². The monoisotopic (exact) mass is 342 g/mol. The average molecular weight is 342 g/mol. The number of para-hydroxylation sites is 1. The molecule has 0 spiro atoms. The van der Waals surface area contributed by atoms with Crippen LogP contribution in [-0.2, 0) is 4.79 Å². The number of anilines is 2. The minimum absolute atomic E-state index is 0.00625. The van der Waals surface area contributed by atoms with Crippen molar-refractivity contribution < 1.29 is 4.79 Å². The Morgan fingerprint density at radius 1 is 0.962 bits per heavy atom. The van der Waals surface area contributed by atoms with Gasteiger partial charge in [0.2, 0.25) is 0 Å². The molecule has 128 valence electrons. The molecular weight excluding hydrogens is 324 g/mol. The zero-order valence-corrected chi connectivity index (χ0v) is 14.1. The molecule has 1 aliphatic heterocycles. The third kappa shape index (κ3) is 3.32. The van der Waals surface area contributed by atoms with Crippen LogP contribution >= 0.6 is 0 Å². The lowest BCUT2D eigenvalue weighted by atomic mass is 10.0. The van der Waals surface area contributed by atoms with Crippen molar-refractivity contribution in [1.82, 2.24) is 4.98 Å². The van der Waals surface area contributed by atoms with E-state index in [-0.39, 0.29) is 11.9 Å². The van der Waals surface area contributed by atoms with E-state index in [9.17, 15) is 4.79 Å². The highest BCUT2D eigenvalue weighted by atomic mass is 16.2. The number of carbonyl (C=O) groups is 1. The van der Waals surface area contributed by atoms with E-state index in [4.69, 9.17) is 0 Å². The van der Waals surface area contributed by atoms with Gasteiger partial charge in [0.25, 0.3) is 5.91 Å². The highest BCUT2D eigenvalue weighted by Crippen LogP contribution is 2.35. The Kier molecular flexibility index (Phi) is 4.43. The van der Waals surface area contributed by atoms with Crippen LogP contribution in [-0.4, -0.2) is 16.6 Å². The number of nitrogens with zero attached hydrogens (tertiary/aromatic N) is 3. The zero-order chi connectivity index (χ0) is 17.8. The van der Waals surface area contributed by atoms with Gasteiger partial charge in [0.15, 0.2) is 0 Å². The van der Waals surface area contributed by atoms with Crippen LogP contribution in [0.1, 0.15) is 18.0 Å². The van der Waals surface area contributed by atoms with E-state index in [1.54, 1.807) is 18.5 Å². The summed E-state index contributed by atoms with van der Waals surface area (Å²) in [7, 11) is 0. The quantitative estimate of drug-likeness (QED) is 0.779. The number of amides is 1. The smallest absolute Gasteiger partial charge is 0.272 e. The van der Waals surface area contributed by atoms with Crippen LogP contribution in [0.4, 0.5) is 11.4 Å². The van der Waals surface area contributed by atoms with Crippen LogP contribution in [0.2, 0.25) is 0 Å². The van der Waals surface area contributed by atoms with Gasteiger partial charge in [-0.15, -0.1) is 0 Å². The molecule has 0 aliphatic carbocycles. The molecule has 0 saturated carbocycles. The van der Waals surface area contributed by atoms with Gasteiger partial charge in [-0.05, 0) is 29.8 Å². The lowest BCUT2D eigenvalue weighted by molar-refractivity contribution is -0.110. The first-order valence-electron chi connectivity index (χ1n) is 8.49. The maximum Gasteiger partial charge on any atom is 0.272 e. The van der Waals surface area contributed by atoms with Crippen LogP contribution in [0.3, 0.4) is 0 Å². The Morgan fingerprint density at radius 3 is 2.38 bits per heavy atom. The predicted molar refractivity (Wildman–Crippen MR) is 103 cm³/mol. The molecule has 1 amide bonds. The molecule has 0 unspecified atom stereocenters. The molecule has 5 heteroatoms. The van der Waals surface area contributed by atoms with Crippen molar-refractivity contribution in [2.24, 2.45) is 5.10 Å². The fourth-order valence-corrected chi connectivity index (χ4v) is 3.04. The topological polar surface area (TPSA) is 57.6 Å². The molecule has 0 radical (unpaired) electrons. The number of carbonyl (C=O) groups excluding carboxylic acids is 1. The normalized spacial score (nSPS) is 16.2. The molecule has 1 atom stereocenters. The molecule has 2 heterocycles. The van der Waals surface area contributed by atoms with Gasteiger partial charge in [-0.3, -0.25) is 14.8 Å². The van der Waals surface area contributed by atoms with Crippen molar-refractivity contribution in [1.29, 1.82) is 0 Å². The number of nitrogens with one attached hydrogen (secondary N) is 1. The van der Waals surface area contributed by atoms with Gasteiger partial charge in [0.05, 0.1) is 23.6 Å². The Bertz CT molecular complexity index is 911. The summed E-state index contributed by atoms with van der Waals surface area (Å²) in [5.41, 5.74) is 3.26. The Morgan fingerprint density at radius 2 is 1.69 bits per heavy atom. The van der Waals surface area contributed by atoms with Crippen molar-refractivity contribution >= 4 is 23.0 Å². The van der Waals surface area contributed by atoms with Crippen LogP contribution < -0.4 is 10.3 Å². The van der Waals surface area contributed by atoms with E-state index in [1.165, 1.54) is 0 Å². The second kappa shape index (κ2) is 7.19. The lowest BCUT2D eigenvalue weighted by Gasteiger charge is -2.23. The van der Waals surface area contributed by atoms with Crippen molar-refractivity contribution in [3.8, 4) is 0 Å². The minimum atomic E-state index is -0.197. The molecule has 2 aromatic carbocycles. The third-order valence-electron chi connectivity index (χ3n) is 4.30. The molecule has 0 saturated heterocycles. The van der Waals surface area contributed by atoms with E-state index in [1.807, 2.05) is 59.6 Å². The van der Waals surface area contributed by atoms with E-state index in [0.29, 0.717) is 17.8 Å². The van der Waals surface area contributed by atoms with Crippen LogP contribution in [0.5, 0.6) is 0 Å². The van der Waals surface area contributed by atoms with E-state index in [0.717, 1.165) is 11.3 Å². The second-order valence-electron chi connectivity index (χ2n) is 6.05. The fourth-order valence-electron chi connectivity index (χ4n) is 3.04. The lowest BCUT2D eigenvalue weighted by Crippen LogP contribution is -2.22. The van der Waals surface area contributed by atoms with Crippen molar-refractivity contribution in [3.05, 3.63) is 90.8 Å². The van der Waals surface area contributed by atoms with Gasteiger partial charge < -0.3 is 5.32 Å². The van der Waals surface area contributed by atoms with Crippen molar-refractivity contribution in [2.45, 2.75) is 12.5 Å². The van der Waals surface area contributed by atoms with E-state index < -0.39 is 0 Å². The SMILES string of the molecule is O=C(Nc1cccnc1)C1=NN(c2ccccc2)[C@H](c2ccccc2)C1. The third-order valence-corrected chi connectivity index (χ3v) is 4.30. The Labute approximate surface area is 152 Å². The van der Waals surface area contributed by atoms with E-state index in [2.05, 4.69) is 27.5 Å². The number of benzene rings is 2. The van der Waals surface area contributed by atoms with Gasteiger partial charge in [-0.1, -0.05) is 48.5 Å². The molecule has 3 aromatic rings. The summed E-state index contributed by atoms with van der Waals surface area (Å²) in [6.07, 6.45) is 3.84. The summed E-state index contributed by atoms with van der Waals surface area (Å²) in [5.74, 6) is -0.197. The van der Waals surface area contributed by atoms with Crippen LogP contribution in [0.15, 0.2) is 90.3 Å². The highest BCUT2D eigenvalue weighted by Gasteiger charge is 2.32. The van der Waals surface area contributed by atoms with Gasteiger partial charge in [-0.25, -0.2) is 0 Å². The standard InChI is InChI=1S/C21H18N4O/c26-21(23-17-10-7-13-22-15-17)19-14-20(16-8-3-1-4-9-16)25(24-19)18-11-5-2-6-12-18/h1-13,15,20H,14H2,(H,23,26)/t20-/m0/s1. The van der Waals surface area contributed by atoms with Gasteiger partial charge in [0.1, 0.15) is 5.71 Å². The number of hydrogen-bond donors (Lipinski definition) is 1. The van der Waals surface area contributed by atoms with Crippen molar-refractivity contribution in [3.63, 3.8) is 0 Å². The molecule has 1 aromatic heterocycles. The first kappa shape index (κ1) is 16.0. The number of pyridine rings is 1. The first-order chi connectivity index (χ1) is 12.8. The summed E-state index contributed by atoms with van der Waals surface area (Å²) in [4.78, 5) is 16.7. The van der Waals surface area contributed by atoms with Gasteiger partial charge in [0, 0.05) is 12.6 Å². The Balaban J connectivity index is 1.63.